The molecule has 0 saturated carbocycles. The maximum absolute atomic E-state index is 12.4. The molecule has 1 amide bonds. The molecule has 152 valence electrons. The van der Waals surface area contributed by atoms with E-state index in [1.165, 1.54) is 11.8 Å². The van der Waals surface area contributed by atoms with Gasteiger partial charge in [-0.15, -0.1) is 10.2 Å². The van der Waals surface area contributed by atoms with Crippen LogP contribution in [0.3, 0.4) is 0 Å². The Morgan fingerprint density at radius 2 is 1.90 bits per heavy atom. The molecule has 0 saturated heterocycles. The van der Waals surface area contributed by atoms with Crippen LogP contribution in [0.25, 0.3) is 0 Å². The minimum atomic E-state index is -0.0629. The summed E-state index contributed by atoms with van der Waals surface area (Å²) in [5.74, 6) is 1.78. The number of anilines is 1. The summed E-state index contributed by atoms with van der Waals surface area (Å²) in [6, 6.07) is 13.9. The van der Waals surface area contributed by atoms with Gasteiger partial charge in [0.15, 0.2) is 11.0 Å². The highest BCUT2D eigenvalue weighted by Crippen LogP contribution is 2.22. The number of hydrogen-bond donors (Lipinski definition) is 1. The van der Waals surface area contributed by atoms with Gasteiger partial charge in [-0.05, 0) is 56.5 Å². The van der Waals surface area contributed by atoms with Crippen molar-refractivity contribution in [1.29, 1.82) is 0 Å². The number of aryl methyl sites for hydroxylation is 3. The zero-order valence-electron chi connectivity index (χ0n) is 17.2. The summed E-state index contributed by atoms with van der Waals surface area (Å²) in [6.45, 7) is 9.07. The van der Waals surface area contributed by atoms with Crippen LogP contribution in [0.1, 0.15) is 29.4 Å². The Hall–Kier alpha value is -2.80. The van der Waals surface area contributed by atoms with Crippen LogP contribution in [0.5, 0.6) is 5.75 Å². The van der Waals surface area contributed by atoms with E-state index >= 15 is 0 Å². The fourth-order valence-electron chi connectivity index (χ4n) is 2.90. The van der Waals surface area contributed by atoms with Gasteiger partial charge in [-0.3, -0.25) is 4.79 Å². The molecule has 0 aliphatic heterocycles. The van der Waals surface area contributed by atoms with Crippen LogP contribution < -0.4 is 10.1 Å². The molecule has 0 aliphatic rings. The van der Waals surface area contributed by atoms with Crippen molar-refractivity contribution in [2.45, 2.75) is 46.0 Å². The number of rotatable bonds is 8. The van der Waals surface area contributed by atoms with Crippen molar-refractivity contribution in [1.82, 2.24) is 14.8 Å². The van der Waals surface area contributed by atoms with E-state index in [-0.39, 0.29) is 11.7 Å². The topological polar surface area (TPSA) is 69.0 Å². The number of nitrogens with one attached hydrogen (secondary N) is 1. The van der Waals surface area contributed by atoms with Crippen LogP contribution in [0.2, 0.25) is 0 Å². The van der Waals surface area contributed by atoms with E-state index < -0.39 is 0 Å². The highest BCUT2D eigenvalue weighted by atomic mass is 32.2. The van der Waals surface area contributed by atoms with E-state index in [0.717, 1.165) is 34.0 Å². The van der Waals surface area contributed by atoms with Gasteiger partial charge in [0.05, 0.1) is 5.75 Å². The maximum Gasteiger partial charge on any atom is 0.234 e. The number of thioether (sulfide) groups is 1. The number of para-hydroxylation sites is 1. The predicted octanol–water partition coefficient (Wildman–Crippen LogP) is 4.53. The smallest absolute Gasteiger partial charge is 0.234 e. The van der Waals surface area contributed by atoms with E-state index in [9.17, 15) is 4.79 Å². The third kappa shape index (κ3) is 5.38. The third-order valence-corrected chi connectivity index (χ3v) is 5.53. The van der Waals surface area contributed by atoms with Gasteiger partial charge in [0.1, 0.15) is 12.4 Å². The first-order valence-corrected chi connectivity index (χ1v) is 10.6. The molecule has 0 aliphatic carbocycles. The molecule has 0 radical (unpaired) electrons. The number of benzene rings is 2. The molecule has 1 aromatic heterocycles. The molecule has 3 rings (SSSR count). The van der Waals surface area contributed by atoms with Crippen molar-refractivity contribution in [2.24, 2.45) is 0 Å². The van der Waals surface area contributed by atoms with Crippen LogP contribution in [-0.2, 0) is 17.9 Å². The summed E-state index contributed by atoms with van der Waals surface area (Å²) in [5, 5.41) is 12.2. The Labute approximate surface area is 175 Å². The van der Waals surface area contributed by atoms with E-state index in [2.05, 4.69) is 15.5 Å². The number of ether oxygens (including phenoxy) is 1. The van der Waals surface area contributed by atoms with Crippen molar-refractivity contribution >= 4 is 23.4 Å². The van der Waals surface area contributed by atoms with Crippen molar-refractivity contribution in [3.63, 3.8) is 0 Å². The summed E-state index contributed by atoms with van der Waals surface area (Å²) >= 11 is 1.38. The second kappa shape index (κ2) is 9.60. The van der Waals surface area contributed by atoms with Crippen molar-refractivity contribution in [3.05, 3.63) is 65.0 Å². The largest absolute Gasteiger partial charge is 0.485 e. The summed E-state index contributed by atoms with van der Waals surface area (Å²) < 4.78 is 7.88. The third-order valence-electron chi connectivity index (χ3n) is 4.56. The molecule has 0 atom stereocenters. The van der Waals surface area contributed by atoms with Gasteiger partial charge in [-0.25, -0.2) is 0 Å². The van der Waals surface area contributed by atoms with Gasteiger partial charge in [0.2, 0.25) is 5.91 Å². The van der Waals surface area contributed by atoms with Crippen molar-refractivity contribution < 1.29 is 9.53 Å². The molecular weight excluding hydrogens is 384 g/mol. The number of aromatic nitrogens is 3. The number of carbonyl (C=O) groups excluding carboxylic acids is 1. The summed E-state index contributed by atoms with van der Waals surface area (Å²) in [5.41, 5.74) is 4.08. The van der Waals surface area contributed by atoms with E-state index in [0.29, 0.717) is 18.3 Å². The fourth-order valence-corrected chi connectivity index (χ4v) is 3.72. The minimum Gasteiger partial charge on any atom is -0.485 e. The fraction of sp³-hybridized carbons (Fsp3) is 0.318. The molecule has 2 aromatic carbocycles. The Kier molecular flexibility index (Phi) is 6.93. The lowest BCUT2D eigenvalue weighted by molar-refractivity contribution is -0.113. The van der Waals surface area contributed by atoms with E-state index in [1.54, 1.807) is 0 Å². The first-order chi connectivity index (χ1) is 14.0. The second-order valence-electron chi connectivity index (χ2n) is 6.85. The average molecular weight is 411 g/mol. The molecule has 6 nitrogen and oxygen atoms in total. The monoisotopic (exact) mass is 410 g/mol. The molecule has 7 heteroatoms. The Morgan fingerprint density at radius 3 is 2.66 bits per heavy atom. The van der Waals surface area contributed by atoms with Gasteiger partial charge >= 0.3 is 0 Å². The van der Waals surface area contributed by atoms with Crippen LogP contribution >= 0.6 is 11.8 Å². The lowest BCUT2D eigenvalue weighted by atomic mass is 10.1. The highest BCUT2D eigenvalue weighted by Gasteiger charge is 2.14. The quantitative estimate of drug-likeness (QED) is 0.553. The zero-order valence-corrected chi connectivity index (χ0v) is 18.0. The number of nitrogens with zero attached hydrogens (tertiary/aromatic N) is 3. The molecular formula is C22H26N4O2S. The molecule has 0 bridgehead atoms. The van der Waals surface area contributed by atoms with Gasteiger partial charge < -0.3 is 14.6 Å². The Bertz CT molecular complexity index is 1000. The summed E-state index contributed by atoms with van der Waals surface area (Å²) in [4.78, 5) is 12.4. The first kappa shape index (κ1) is 20.9. The Balaban J connectivity index is 1.60. The normalized spacial score (nSPS) is 10.8. The molecule has 1 heterocycles. The SMILES string of the molecule is CCn1c(COc2ccccc2C)nnc1SCC(=O)Nc1cc(C)ccc1C. The lowest BCUT2D eigenvalue weighted by Crippen LogP contribution is -2.15. The predicted molar refractivity (Wildman–Crippen MR) is 116 cm³/mol. The van der Waals surface area contributed by atoms with Crippen LogP contribution in [0, 0.1) is 20.8 Å². The molecule has 0 unspecified atom stereocenters. The summed E-state index contributed by atoms with van der Waals surface area (Å²) in [7, 11) is 0. The van der Waals surface area contributed by atoms with Crippen molar-refractivity contribution in [3.8, 4) is 5.75 Å². The van der Waals surface area contributed by atoms with Gasteiger partial charge in [0.25, 0.3) is 0 Å². The Morgan fingerprint density at radius 1 is 1.10 bits per heavy atom. The summed E-state index contributed by atoms with van der Waals surface area (Å²) in [6.07, 6.45) is 0. The molecule has 29 heavy (non-hydrogen) atoms. The standard InChI is InChI=1S/C22H26N4O2S/c1-5-26-20(13-28-19-9-7-6-8-17(19)4)24-25-22(26)29-14-21(27)23-18-12-15(2)10-11-16(18)3/h6-12H,5,13-14H2,1-4H3,(H,23,27). The minimum absolute atomic E-state index is 0.0629. The van der Waals surface area contributed by atoms with E-state index in [1.807, 2.05) is 74.7 Å². The number of carbonyl (C=O) groups is 1. The van der Waals surface area contributed by atoms with Gasteiger partial charge in [0, 0.05) is 12.2 Å². The molecule has 0 fully saturated rings. The highest BCUT2D eigenvalue weighted by molar-refractivity contribution is 7.99. The van der Waals surface area contributed by atoms with Crippen LogP contribution in [0.4, 0.5) is 5.69 Å². The number of hydrogen-bond acceptors (Lipinski definition) is 5. The molecule has 3 aromatic rings. The average Bonchev–Trinajstić information content (AvgIpc) is 3.10. The molecule has 1 N–H and O–H groups in total. The van der Waals surface area contributed by atoms with E-state index in [4.69, 9.17) is 4.74 Å². The number of amides is 1. The zero-order chi connectivity index (χ0) is 20.8. The van der Waals surface area contributed by atoms with Crippen LogP contribution in [0.15, 0.2) is 47.6 Å². The maximum atomic E-state index is 12.4. The first-order valence-electron chi connectivity index (χ1n) is 9.58. The van der Waals surface area contributed by atoms with Crippen LogP contribution in [-0.4, -0.2) is 26.4 Å². The van der Waals surface area contributed by atoms with Gasteiger partial charge in [-0.2, -0.15) is 0 Å². The molecule has 0 spiro atoms. The second-order valence-corrected chi connectivity index (χ2v) is 7.79. The van der Waals surface area contributed by atoms with Gasteiger partial charge in [-0.1, -0.05) is 42.1 Å². The van der Waals surface area contributed by atoms with Crippen molar-refractivity contribution in [2.75, 3.05) is 11.1 Å². The lowest BCUT2D eigenvalue weighted by Gasteiger charge is -2.11.